The Labute approximate surface area is 127 Å². The maximum absolute atomic E-state index is 12.2. The third-order valence-corrected chi connectivity index (χ3v) is 4.86. The first kappa shape index (κ1) is 16.5. The van der Waals surface area contributed by atoms with Crippen LogP contribution in [0.2, 0.25) is 0 Å². The highest BCUT2D eigenvalue weighted by Crippen LogP contribution is 2.30. The molecule has 0 amide bonds. The summed E-state index contributed by atoms with van der Waals surface area (Å²) >= 11 is 1.96. The SMILES string of the molecule is CCSC1CCCC1NCc1cccc(OC(F)(F)F)c1. The van der Waals surface area contributed by atoms with Gasteiger partial charge in [-0.2, -0.15) is 11.8 Å². The quantitative estimate of drug-likeness (QED) is 0.842. The normalized spacial score (nSPS) is 22.5. The van der Waals surface area contributed by atoms with Gasteiger partial charge in [0.25, 0.3) is 0 Å². The number of hydrogen-bond acceptors (Lipinski definition) is 3. The van der Waals surface area contributed by atoms with Gasteiger partial charge in [-0.15, -0.1) is 13.2 Å². The molecule has 0 radical (unpaired) electrons. The van der Waals surface area contributed by atoms with Crippen LogP contribution in [-0.2, 0) is 6.54 Å². The lowest BCUT2D eigenvalue weighted by Gasteiger charge is -2.20. The van der Waals surface area contributed by atoms with E-state index in [1.54, 1.807) is 6.07 Å². The van der Waals surface area contributed by atoms with Crippen molar-refractivity contribution >= 4 is 11.8 Å². The second-order valence-corrected chi connectivity index (χ2v) is 6.62. The Kier molecular flexibility index (Phi) is 5.81. The molecule has 0 spiro atoms. The molecule has 1 aromatic rings. The molecule has 2 atom stereocenters. The van der Waals surface area contributed by atoms with Crippen LogP contribution in [0.15, 0.2) is 24.3 Å². The monoisotopic (exact) mass is 319 g/mol. The predicted octanol–water partition coefficient (Wildman–Crippen LogP) is 4.35. The van der Waals surface area contributed by atoms with Crippen molar-refractivity contribution in [2.75, 3.05) is 5.75 Å². The number of nitrogens with one attached hydrogen (secondary N) is 1. The summed E-state index contributed by atoms with van der Waals surface area (Å²) in [5.74, 6) is 0.935. The second-order valence-electron chi connectivity index (χ2n) is 5.11. The molecule has 2 nitrogen and oxygen atoms in total. The molecule has 1 fully saturated rings. The molecule has 1 aromatic carbocycles. The van der Waals surface area contributed by atoms with Crippen molar-refractivity contribution in [1.82, 2.24) is 5.32 Å². The number of ether oxygens (including phenoxy) is 1. The van der Waals surface area contributed by atoms with Crippen molar-refractivity contribution in [3.63, 3.8) is 0 Å². The summed E-state index contributed by atoms with van der Waals surface area (Å²) in [4.78, 5) is 0. The Morgan fingerprint density at radius 2 is 2.14 bits per heavy atom. The van der Waals surface area contributed by atoms with E-state index in [4.69, 9.17) is 0 Å². The minimum absolute atomic E-state index is 0.160. The molecule has 2 rings (SSSR count). The van der Waals surface area contributed by atoms with Gasteiger partial charge in [-0.3, -0.25) is 0 Å². The topological polar surface area (TPSA) is 21.3 Å². The van der Waals surface area contributed by atoms with Gasteiger partial charge in [0.1, 0.15) is 5.75 Å². The minimum Gasteiger partial charge on any atom is -0.406 e. The highest BCUT2D eigenvalue weighted by Gasteiger charge is 2.31. The van der Waals surface area contributed by atoms with Crippen LogP contribution in [-0.4, -0.2) is 23.4 Å². The van der Waals surface area contributed by atoms with E-state index < -0.39 is 6.36 Å². The van der Waals surface area contributed by atoms with Crippen LogP contribution in [0.3, 0.4) is 0 Å². The average molecular weight is 319 g/mol. The summed E-state index contributed by atoms with van der Waals surface area (Å²) in [6.45, 7) is 2.72. The third kappa shape index (κ3) is 5.43. The van der Waals surface area contributed by atoms with E-state index in [2.05, 4.69) is 17.0 Å². The van der Waals surface area contributed by atoms with Gasteiger partial charge < -0.3 is 10.1 Å². The van der Waals surface area contributed by atoms with Crippen LogP contribution in [0, 0.1) is 0 Å². The average Bonchev–Trinajstić information content (AvgIpc) is 2.83. The van der Waals surface area contributed by atoms with Crippen LogP contribution in [0.25, 0.3) is 0 Å². The van der Waals surface area contributed by atoms with E-state index in [1.807, 2.05) is 17.8 Å². The maximum Gasteiger partial charge on any atom is 0.573 e. The summed E-state index contributed by atoms with van der Waals surface area (Å²) in [5, 5.41) is 4.08. The fraction of sp³-hybridized carbons (Fsp3) is 0.600. The predicted molar refractivity (Wildman–Crippen MR) is 79.5 cm³/mol. The van der Waals surface area contributed by atoms with Crippen molar-refractivity contribution in [2.24, 2.45) is 0 Å². The summed E-state index contributed by atoms with van der Waals surface area (Å²) in [6, 6.07) is 6.61. The Morgan fingerprint density at radius 1 is 1.33 bits per heavy atom. The van der Waals surface area contributed by atoms with Crippen molar-refractivity contribution in [3.05, 3.63) is 29.8 Å². The Hall–Kier alpha value is -0.880. The number of alkyl halides is 3. The molecule has 21 heavy (non-hydrogen) atoms. The number of hydrogen-bond donors (Lipinski definition) is 1. The van der Waals surface area contributed by atoms with Crippen molar-refractivity contribution in [3.8, 4) is 5.75 Å². The van der Waals surface area contributed by atoms with Crippen LogP contribution in [0.4, 0.5) is 13.2 Å². The summed E-state index contributed by atoms with van der Waals surface area (Å²) in [5.41, 5.74) is 0.809. The molecule has 0 aliphatic heterocycles. The van der Waals surface area contributed by atoms with Gasteiger partial charge in [0.05, 0.1) is 0 Å². The van der Waals surface area contributed by atoms with Gasteiger partial charge in [0.2, 0.25) is 0 Å². The summed E-state index contributed by atoms with van der Waals surface area (Å²) < 4.78 is 40.5. The third-order valence-electron chi connectivity index (χ3n) is 3.53. The molecule has 1 aliphatic rings. The number of halogens is 3. The molecular formula is C15H20F3NOS. The molecule has 0 bridgehead atoms. The zero-order valence-electron chi connectivity index (χ0n) is 12.0. The number of benzene rings is 1. The smallest absolute Gasteiger partial charge is 0.406 e. The zero-order valence-corrected chi connectivity index (χ0v) is 12.8. The molecule has 1 aliphatic carbocycles. The van der Waals surface area contributed by atoms with E-state index in [9.17, 15) is 13.2 Å². The van der Waals surface area contributed by atoms with E-state index >= 15 is 0 Å². The van der Waals surface area contributed by atoms with E-state index in [0.29, 0.717) is 17.8 Å². The Morgan fingerprint density at radius 3 is 2.86 bits per heavy atom. The Balaban J connectivity index is 1.89. The van der Waals surface area contributed by atoms with Crippen molar-refractivity contribution in [2.45, 2.75) is 50.4 Å². The highest BCUT2D eigenvalue weighted by atomic mass is 32.2. The molecule has 0 saturated heterocycles. The molecule has 0 aromatic heterocycles. The van der Waals surface area contributed by atoms with Crippen molar-refractivity contribution in [1.29, 1.82) is 0 Å². The van der Waals surface area contributed by atoms with Crippen LogP contribution in [0.5, 0.6) is 5.75 Å². The van der Waals surface area contributed by atoms with Crippen LogP contribution >= 0.6 is 11.8 Å². The standard InChI is InChI=1S/C15H20F3NOS/c1-2-21-14-8-4-7-13(14)19-10-11-5-3-6-12(9-11)20-15(16,17)18/h3,5-6,9,13-14,19H,2,4,7-8,10H2,1H3. The van der Waals surface area contributed by atoms with Gasteiger partial charge in [-0.1, -0.05) is 25.5 Å². The van der Waals surface area contributed by atoms with Gasteiger partial charge >= 0.3 is 6.36 Å². The first-order valence-corrected chi connectivity index (χ1v) is 8.22. The van der Waals surface area contributed by atoms with E-state index in [-0.39, 0.29) is 5.75 Å². The first-order valence-electron chi connectivity index (χ1n) is 7.17. The minimum atomic E-state index is -4.64. The second kappa shape index (κ2) is 7.40. The highest BCUT2D eigenvalue weighted by molar-refractivity contribution is 7.99. The lowest BCUT2D eigenvalue weighted by molar-refractivity contribution is -0.274. The van der Waals surface area contributed by atoms with Gasteiger partial charge in [-0.25, -0.2) is 0 Å². The van der Waals surface area contributed by atoms with E-state index in [1.165, 1.54) is 25.0 Å². The fourth-order valence-electron chi connectivity index (χ4n) is 2.67. The molecular weight excluding hydrogens is 299 g/mol. The molecule has 6 heteroatoms. The fourth-order valence-corrected chi connectivity index (χ4v) is 3.90. The first-order chi connectivity index (χ1) is 9.98. The lowest BCUT2D eigenvalue weighted by atomic mass is 10.2. The maximum atomic E-state index is 12.2. The Bertz CT molecular complexity index is 453. The molecule has 1 saturated carbocycles. The summed E-state index contributed by atoms with van der Waals surface area (Å²) in [7, 11) is 0. The lowest BCUT2D eigenvalue weighted by Crippen LogP contribution is -2.33. The largest absolute Gasteiger partial charge is 0.573 e. The van der Waals surface area contributed by atoms with Gasteiger partial charge in [-0.05, 0) is 36.3 Å². The molecule has 2 unspecified atom stereocenters. The van der Waals surface area contributed by atoms with Crippen LogP contribution < -0.4 is 10.1 Å². The van der Waals surface area contributed by atoms with Gasteiger partial charge in [0.15, 0.2) is 0 Å². The molecule has 0 heterocycles. The van der Waals surface area contributed by atoms with Gasteiger partial charge in [0, 0.05) is 17.8 Å². The van der Waals surface area contributed by atoms with Crippen LogP contribution in [0.1, 0.15) is 31.7 Å². The molecule has 118 valence electrons. The zero-order chi connectivity index (χ0) is 15.3. The van der Waals surface area contributed by atoms with E-state index in [0.717, 1.165) is 17.7 Å². The number of thioether (sulfide) groups is 1. The summed E-state index contributed by atoms with van der Waals surface area (Å²) in [6.07, 6.45) is -1.07. The van der Waals surface area contributed by atoms with Crippen molar-refractivity contribution < 1.29 is 17.9 Å². The molecule has 1 N–H and O–H groups in total. The number of rotatable bonds is 6.